The molecular weight excluding hydrogens is 84.0 g/mol. The normalized spacial score (nSPS) is 9.00. The molecule has 0 saturated heterocycles. The Kier molecular flexibility index (Phi) is 4.64. The molecule has 0 spiro atoms. The van der Waals surface area contributed by atoms with Gasteiger partial charge in [0.25, 0.3) is 0 Å². The van der Waals surface area contributed by atoms with Crippen molar-refractivity contribution in [1.29, 1.82) is 0 Å². The molecule has 5 heteroatoms. The molecule has 0 radical (unpaired) electrons. The van der Waals surface area contributed by atoms with Gasteiger partial charge < -0.3 is 0 Å². The molecule has 0 heterocycles. The number of nitrogens with one attached hydrogen (secondary N) is 3. The quantitative estimate of drug-likeness (QED) is 0.184. The van der Waals surface area contributed by atoms with Crippen molar-refractivity contribution in [2.75, 3.05) is 7.11 Å². The Bertz CT molecular complexity index is 19.5. The van der Waals surface area contributed by atoms with Crippen LogP contribution in [0.4, 0.5) is 0 Å². The standard InChI is InChI=1S/CH8N4O/c1-6-5-4-3-2/h3-5H,2H2,1H3. The van der Waals surface area contributed by atoms with Crippen LogP contribution in [0.3, 0.4) is 0 Å². The van der Waals surface area contributed by atoms with Gasteiger partial charge in [0.2, 0.25) is 0 Å². The van der Waals surface area contributed by atoms with Crippen molar-refractivity contribution >= 4 is 0 Å². The molecular formula is CH8N4O. The first-order valence-corrected chi connectivity index (χ1v) is 1.40. The molecule has 0 bridgehead atoms. The SMILES string of the molecule is CONNNN. The van der Waals surface area contributed by atoms with E-state index in [0.717, 1.165) is 0 Å². The first-order chi connectivity index (χ1) is 2.91. The van der Waals surface area contributed by atoms with Gasteiger partial charge in [0.1, 0.15) is 0 Å². The monoisotopic (exact) mass is 92.1 g/mol. The minimum Gasteiger partial charge on any atom is -0.289 e. The highest BCUT2D eigenvalue weighted by molar-refractivity contribution is 3.90. The third-order valence-electron chi connectivity index (χ3n) is 0.225. The third kappa shape index (κ3) is 3.80. The van der Waals surface area contributed by atoms with Crippen molar-refractivity contribution in [1.82, 2.24) is 16.7 Å². The molecule has 6 heavy (non-hydrogen) atoms. The average molecular weight is 92.1 g/mol. The van der Waals surface area contributed by atoms with Crippen molar-refractivity contribution < 1.29 is 4.84 Å². The Balaban J connectivity index is 2.34. The Hall–Kier alpha value is -0.200. The molecule has 5 nitrogen and oxygen atoms in total. The van der Waals surface area contributed by atoms with Gasteiger partial charge in [-0.3, -0.25) is 10.7 Å². The van der Waals surface area contributed by atoms with Gasteiger partial charge >= 0.3 is 0 Å². The van der Waals surface area contributed by atoms with Crippen LogP contribution in [0.1, 0.15) is 0 Å². The zero-order valence-electron chi connectivity index (χ0n) is 3.49. The molecule has 0 aromatic carbocycles. The predicted molar refractivity (Wildman–Crippen MR) is 20.6 cm³/mol. The summed E-state index contributed by atoms with van der Waals surface area (Å²) in [5, 5.41) is 0. The zero-order chi connectivity index (χ0) is 4.83. The van der Waals surface area contributed by atoms with Gasteiger partial charge in [-0.2, -0.15) is 11.1 Å². The van der Waals surface area contributed by atoms with E-state index < -0.39 is 0 Å². The minimum atomic E-state index is 1.46. The lowest BCUT2D eigenvalue weighted by molar-refractivity contribution is 0.0418. The topological polar surface area (TPSA) is 71.3 Å². The van der Waals surface area contributed by atoms with E-state index in [9.17, 15) is 0 Å². The van der Waals surface area contributed by atoms with Crippen LogP contribution in [0.15, 0.2) is 0 Å². The summed E-state index contributed by atoms with van der Waals surface area (Å²) in [6.07, 6.45) is 0. The first kappa shape index (κ1) is 5.80. The van der Waals surface area contributed by atoms with Gasteiger partial charge in [0, 0.05) is 0 Å². The Morgan fingerprint density at radius 3 is 2.50 bits per heavy atom. The summed E-state index contributed by atoms with van der Waals surface area (Å²) in [5.74, 6) is 4.71. The molecule has 0 aliphatic heterocycles. The van der Waals surface area contributed by atoms with Crippen molar-refractivity contribution in [3.05, 3.63) is 0 Å². The minimum absolute atomic E-state index is 1.46. The Labute approximate surface area is 35.7 Å². The highest BCUT2D eigenvalue weighted by Gasteiger charge is 1.64. The van der Waals surface area contributed by atoms with Crippen LogP contribution in [-0.2, 0) is 4.84 Å². The van der Waals surface area contributed by atoms with E-state index in [0.29, 0.717) is 0 Å². The second kappa shape index (κ2) is 4.80. The van der Waals surface area contributed by atoms with Gasteiger partial charge in [-0.25, -0.2) is 0 Å². The fourth-order valence-electron chi connectivity index (χ4n) is 0.0805. The molecule has 0 saturated carbocycles. The molecule has 0 rings (SSSR count). The molecule has 0 aromatic heterocycles. The number of nitrogens with two attached hydrogens (primary N) is 1. The maximum atomic E-state index is 4.71. The summed E-state index contributed by atoms with van der Waals surface area (Å²) in [7, 11) is 1.46. The maximum absolute atomic E-state index is 4.71. The maximum Gasteiger partial charge on any atom is 0.0589 e. The summed E-state index contributed by atoms with van der Waals surface area (Å²) < 4.78 is 0. The summed E-state index contributed by atoms with van der Waals surface area (Å²) in [5.41, 5.74) is 6.55. The molecule has 0 unspecified atom stereocenters. The van der Waals surface area contributed by atoms with Crippen LogP contribution in [0.5, 0.6) is 0 Å². The lowest BCUT2D eigenvalue weighted by Crippen LogP contribution is -2.46. The van der Waals surface area contributed by atoms with E-state index in [1.165, 1.54) is 7.11 Å². The lowest BCUT2D eigenvalue weighted by Gasteiger charge is -1.97. The highest BCUT2D eigenvalue weighted by Crippen LogP contribution is 1.33. The number of hydrogen-bond acceptors (Lipinski definition) is 5. The van der Waals surface area contributed by atoms with Crippen molar-refractivity contribution in [2.24, 2.45) is 5.84 Å². The van der Waals surface area contributed by atoms with Crippen LogP contribution < -0.4 is 22.5 Å². The van der Waals surface area contributed by atoms with Gasteiger partial charge in [-0.05, 0) is 0 Å². The van der Waals surface area contributed by atoms with Crippen molar-refractivity contribution in [2.45, 2.75) is 0 Å². The molecule has 0 atom stereocenters. The summed E-state index contributed by atoms with van der Waals surface area (Å²) in [4.78, 5) is 4.28. The van der Waals surface area contributed by atoms with Crippen LogP contribution in [0.25, 0.3) is 0 Å². The Morgan fingerprint density at radius 1 is 1.67 bits per heavy atom. The van der Waals surface area contributed by atoms with Gasteiger partial charge in [-0.1, -0.05) is 0 Å². The van der Waals surface area contributed by atoms with E-state index in [1.807, 2.05) is 0 Å². The molecule has 0 aromatic rings. The smallest absolute Gasteiger partial charge is 0.0589 e. The number of hydrazine groups is 3. The summed E-state index contributed by atoms with van der Waals surface area (Å²) in [6, 6.07) is 0. The van der Waals surface area contributed by atoms with Gasteiger partial charge in [-0.15, -0.1) is 5.59 Å². The molecule has 0 aliphatic rings. The second-order valence-electron chi connectivity index (χ2n) is 0.576. The van der Waals surface area contributed by atoms with Crippen LogP contribution >= 0.6 is 0 Å². The van der Waals surface area contributed by atoms with E-state index >= 15 is 0 Å². The average Bonchev–Trinajstić information content (AvgIpc) is 1.61. The first-order valence-electron chi connectivity index (χ1n) is 1.40. The molecule has 0 fully saturated rings. The molecule has 0 aliphatic carbocycles. The fraction of sp³-hybridized carbons (Fsp3) is 1.00. The fourth-order valence-corrected chi connectivity index (χ4v) is 0.0805. The van der Waals surface area contributed by atoms with Gasteiger partial charge in [0.05, 0.1) is 7.11 Å². The number of rotatable bonds is 3. The summed E-state index contributed by atoms with van der Waals surface area (Å²) in [6.45, 7) is 0. The second-order valence-corrected chi connectivity index (χ2v) is 0.576. The van der Waals surface area contributed by atoms with E-state index in [4.69, 9.17) is 5.84 Å². The molecule has 5 N–H and O–H groups in total. The van der Waals surface area contributed by atoms with Crippen LogP contribution in [-0.4, -0.2) is 7.11 Å². The van der Waals surface area contributed by atoms with Crippen molar-refractivity contribution in [3.8, 4) is 0 Å². The Morgan fingerprint density at radius 2 is 2.33 bits per heavy atom. The molecule has 38 valence electrons. The van der Waals surface area contributed by atoms with E-state index in [2.05, 4.69) is 21.5 Å². The predicted octanol–water partition coefficient (Wildman–Crippen LogP) is -1.98. The molecule has 0 amide bonds. The summed E-state index contributed by atoms with van der Waals surface area (Å²) >= 11 is 0. The van der Waals surface area contributed by atoms with E-state index in [-0.39, 0.29) is 0 Å². The zero-order valence-corrected chi connectivity index (χ0v) is 3.49. The largest absolute Gasteiger partial charge is 0.289 e. The lowest BCUT2D eigenvalue weighted by atomic mass is 11.7. The van der Waals surface area contributed by atoms with E-state index in [1.54, 1.807) is 0 Å². The van der Waals surface area contributed by atoms with Crippen LogP contribution in [0.2, 0.25) is 0 Å². The third-order valence-corrected chi connectivity index (χ3v) is 0.225. The number of hydrogen-bond donors (Lipinski definition) is 4. The highest BCUT2D eigenvalue weighted by atomic mass is 16.7. The van der Waals surface area contributed by atoms with Crippen molar-refractivity contribution in [3.63, 3.8) is 0 Å². The van der Waals surface area contributed by atoms with Gasteiger partial charge in [0.15, 0.2) is 0 Å². The van der Waals surface area contributed by atoms with Crippen LogP contribution in [0, 0.1) is 0 Å².